The standard InChI is InChI=1S/C16H21ClN2O2/c1-11-8-14(9-12(2)16(11)17)21-10-15(20)19-18-13-6-4-3-5-7-13/h8-9H,3-7,10H2,1-2H3,(H,19,20). The smallest absolute Gasteiger partial charge is 0.277 e. The van der Waals surface area contributed by atoms with E-state index in [1.54, 1.807) is 0 Å². The van der Waals surface area contributed by atoms with Gasteiger partial charge in [0.1, 0.15) is 5.75 Å². The van der Waals surface area contributed by atoms with Gasteiger partial charge in [0, 0.05) is 10.7 Å². The predicted octanol–water partition coefficient (Wildman–Crippen LogP) is 3.77. The van der Waals surface area contributed by atoms with Crippen LogP contribution in [-0.4, -0.2) is 18.2 Å². The van der Waals surface area contributed by atoms with Crippen LogP contribution in [-0.2, 0) is 4.79 Å². The van der Waals surface area contributed by atoms with E-state index in [9.17, 15) is 4.79 Å². The number of halogens is 1. The number of nitrogens with one attached hydrogen (secondary N) is 1. The van der Waals surface area contributed by atoms with Gasteiger partial charge in [0.2, 0.25) is 0 Å². The van der Waals surface area contributed by atoms with Crippen molar-refractivity contribution in [1.29, 1.82) is 0 Å². The lowest BCUT2D eigenvalue weighted by atomic mass is 9.99. The predicted molar refractivity (Wildman–Crippen MR) is 85.1 cm³/mol. The zero-order valence-corrected chi connectivity index (χ0v) is 13.3. The number of rotatable bonds is 4. The van der Waals surface area contributed by atoms with Crippen molar-refractivity contribution in [3.05, 3.63) is 28.3 Å². The lowest BCUT2D eigenvalue weighted by Crippen LogP contribution is -2.26. The first-order valence-electron chi connectivity index (χ1n) is 7.30. The van der Waals surface area contributed by atoms with Crippen LogP contribution in [0.25, 0.3) is 0 Å². The average Bonchev–Trinajstić information content (AvgIpc) is 2.49. The van der Waals surface area contributed by atoms with Crippen LogP contribution in [0.1, 0.15) is 43.2 Å². The maximum atomic E-state index is 11.7. The Hall–Kier alpha value is -1.55. The highest BCUT2D eigenvalue weighted by atomic mass is 35.5. The van der Waals surface area contributed by atoms with Gasteiger partial charge in [-0.1, -0.05) is 18.0 Å². The van der Waals surface area contributed by atoms with Gasteiger partial charge in [-0.3, -0.25) is 4.79 Å². The van der Waals surface area contributed by atoms with Crippen LogP contribution in [0.15, 0.2) is 17.2 Å². The van der Waals surface area contributed by atoms with Gasteiger partial charge >= 0.3 is 0 Å². The summed E-state index contributed by atoms with van der Waals surface area (Å²) in [5.41, 5.74) is 5.52. The first-order chi connectivity index (χ1) is 10.1. The normalized spacial score (nSPS) is 14.7. The number of hydrogen-bond acceptors (Lipinski definition) is 3. The molecule has 0 saturated heterocycles. The fraction of sp³-hybridized carbons (Fsp3) is 0.500. The summed E-state index contributed by atoms with van der Waals surface area (Å²) in [6.45, 7) is 3.78. The summed E-state index contributed by atoms with van der Waals surface area (Å²) in [5.74, 6) is 0.410. The lowest BCUT2D eigenvalue weighted by Gasteiger charge is -2.12. The van der Waals surface area contributed by atoms with Crippen molar-refractivity contribution in [1.82, 2.24) is 5.43 Å². The summed E-state index contributed by atoms with van der Waals surface area (Å²) in [6.07, 6.45) is 5.54. The van der Waals surface area contributed by atoms with Gasteiger partial charge < -0.3 is 4.74 Å². The van der Waals surface area contributed by atoms with Crippen LogP contribution in [0.5, 0.6) is 5.75 Å². The van der Waals surface area contributed by atoms with Crippen molar-refractivity contribution in [3.8, 4) is 5.75 Å². The number of benzene rings is 1. The van der Waals surface area contributed by atoms with E-state index in [0.717, 1.165) is 47.5 Å². The molecule has 5 heteroatoms. The Morgan fingerprint density at radius 3 is 2.48 bits per heavy atom. The zero-order valence-electron chi connectivity index (χ0n) is 12.5. The Bertz CT molecular complexity index is 524. The molecule has 0 aliphatic heterocycles. The van der Waals surface area contributed by atoms with Gasteiger partial charge in [-0.15, -0.1) is 0 Å². The van der Waals surface area contributed by atoms with E-state index in [-0.39, 0.29) is 12.5 Å². The Balaban J connectivity index is 1.83. The molecule has 2 rings (SSSR count). The van der Waals surface area contributed by atoms with Crippen molar-refractivity contribution in [2.24, 2.45) is 5.10 Å². The molecule has 1 N–H and O–H groups in total. The first-order valence-corrected chi connectivity index (χ1v) is 7.68. The third kappa shape index (κ3) is 4.74. The number of carbonyl (C=O) groups excluding carboxylic acids is 1. The highest BCUT2D eigenvalue weighted by Crippen LogP contribution is 2.25. The van der Waals surface area contributed by atoms with E-state index in [2.05, 4.69) is 10.5 Å². The molecule has 0 spiro atoms. The molecule has 0 unspecified atom stereocenters. The average molecular weight is 309 g/mol. The van der Waals surface area contributed by atoms with E-state index in [4.69, 9.17) is 16.3 Å². The molecule has 1 saturated carbocycles. The third-order valence-corrected chi connectivity index (χ3v) is 4.15. The lowest BCUT2D eigenvalue weighted by molar-refractivity contribution is -0.123. The van der Waals surface area contributed by atoms with E-state index in [1.165, 1.54) is 6.42 Å². The molecule has 0 radical (unpaired) electrons. The summed E-state index contributed by atoms with van der Waals surface area (Å²) < 4.78 is 5.48. The van der Waals surface area contributed by atoms with Crippen molar-refractivity contribution in [2.75, 3.05) is 6.61 Å². The number of aryl methyl sites for hydroxylation is 2. The second-order valence-corrected chi connectivity index (χ2v) is 5.81. The van der Waals surface area contributed by atoms with Crippen LogP contribution in [0, 0.1) is 13.8 Å². The summed E-state index contributed by atoms with van der Waals surface area (Å²) in [4.78, 5) is 11.7. The van der Waals surface area contributed by atoms with Gasteiger partial charge in [0.25, 0.3) is 5.91 Å². The Labute approximate surface area is 130 Å². The van der Waals surface area contributed by atoms with Crippen molar-refractivity contribution in [2.45, 2.75) is 46.0 Å². The maximum absolute atomic E-state index is 11.7. The molecule has 1 amide bonds. The SMILES string of the molecule is Cc1cc(OCC(=O)NN=C2CCCCC2)cc(C)c1Cl. The molecule has 114 valence electrons. The quantitative estimate of drug-likeness (QED) is 0.861. The number of carbonyl (C=O) groups is 1. The number of ether oxygens (including phenoxy) is 1. The molecule has 0 heterocycles. The Kier molecular flexibility index (Phi) is 5.62. The molecular weight excluding hydrogens is 288 g/mol. The number of amides is 1. The van der Waals surface area contributed by atoms with Gasteiger partial charge in [0.05, 0.1) is 0 Å². The minimum Gasteiger partial charge on any atom is -0.484 e. The minimum absolute atomic E-state index is 0.0444. The topological polar surface area (TPSA) is 50.7 Å². The molecule has 0 atom stereocenters. The summed E-state index contributed by atoms with van der Waals surface area (Å²) >= 11 is 6.10. The van der Waals surface area contributed by atoms with E-state index in [0.29, 0.717) is 5.75 Å². The molecule has 0 aromatic heterocycles. The largest absolute Gasteiger partial charge is 0.484 e. The Morgan fingerprint density at radius 2 is 1.86 bits per heavy atom. The zero-order chi connectivity index (χ0) is 15.2. The molecule has 21 heavy (non-hydrogen) atoms. The van der Waals surface area contributed by atoms with Crippen molar-refractivity contribution in [3.63, 3.8) is 0 Å². The Morgan fingerprint density at radius 1 is 1.24 bits per heavy atom. The van der Waals surface area contributed by atoms with Crippen molar-refractivity contribution >= 4 is 23.2 Å². The van der Waals surface area contributed by atoms with Crippen LogP contribution in [0.2, 0.25) is 5.02 Å². The van der Waals surface area contributed by atoms with Gasteiger partial charge in [0.15, 0.2) is 6.61 Å². The fourth-order valence-electron chi connectivity index (χ4n) is 2.38. The molecule has 1 aliphatic rings. The highest BCUT2D eigenvalue weighted by Gasteiger charge is 2.09. The minimum atomic E-state index is -0.238. The number of hydrogen-bond donors (Lipinski definition) is 1. The third-order valence-electron chi connectivity index (χ3n) is 3.55. The summed E-state index contributed by atoms with van der Waals surface area (Å²) in [6, 6.07) is 3.66. The number of nitrogens with zero attached hydrogens (tertiary/aromatic N) is 1. The van der Waals surface area contributed by atoms with Crippen LogP contribution in [0.4, 0.5) is 0 Å². The summed E-state index contributed by atoms with van der Waals surface area (Å²) in [5, 5.41) is 4.89. The highest BCUT2D eigenvalue weighted by molar-refractivity contribution is 6.32. The first kappa shape index (κ1) is 15.8. The second-order valence-electron chi connectivity index (χ2n) is 5.43. The van der Waals surface area contributed by atoms with Crippen LogP contribution >= 0.6 is 11.6 Å². The molecule has 1 aromatic carbocycles. The van der Waals surface area contributed by atoms with E-state index in [1.807, 2.05) is 26.0 Å². The molecule has 1 fully saturated rings. The van der Waals surface area contributed by atoms with E-state index >= 15 is 0 Å². The van der Waals surface area contributed by atoms with Gasteiger partial charge in [-0.25, -0.2) is 5.43 Å². The molecular formula is C16H21ClN2O2. The maximum Gasteiger partial charge on any atom is 0.277 e. The van der Waals surface area contributed by atoms with Gasteiger partial charge in [-0.05, 0) is 62.8 Å². The molecule has 1 aliphatic carbocycles. The van der Waals surface area contributed by atoms with Crippen LogP contribution < -0.4 is 10.2 Å². The van der Waals surface area contributed by atoms with E-state index < -0.39 is 0 Å². The second kappa shape index (κ2) is 7.46. The summed E-state index contributed by atoms with van der Waals surface area (Å²) in [7, 11) is 0. The number of hydrazone groups is 1. The molecule has 1 aromatic rings. The molecule has 0 bridgehead atoms. The molecule has 4 nitrogen and oxygen atoms in total. The van der Waals surface area contributed by atoms with Crippen LogP contribution in [0.3, 0.4) is 0 Å². The fourth-order valence-corrected chi connectivity index (χ4v) is 2.49. The van der Waals surface area contributed by atoms with Gasteiger partial charge in [-0.2, -0.15) is 5.10 Å². The van der Waals surface area contributed by atoms with Crippen molar-refractivity contribution < 1.29 is 9.53 Å². The monoisotopic (exact) mass is 308 g/mol.